The monoisotopic (exact) mass is 1340 g/mol. The van der Waals surface area contributed by atoms with Crippen molar-refractivity contribution >= 4 is 39.5 Å². The second kappa shape index (κ2) is 64.1. The van der Waals surface area contributed by atoms with Gasteiger partial charge in [0.2, 0.25) is 0 Å². The van der Waals surface area contributed by atoms with Gasteiger partial charge in [-0.1, -0.05) is 318 Å². The molecule has 0 rings (SSSR count). The fraction of sp³-hybridized carbons (Fsp3) is 0.944. The normalized spacial score (nSPS) is 14.7. The van der Waals surface area contributed by atoms with Crippen LogP contribution in [-0.4, -0.2) is 96.7 Å². The van der Waals surface area contributed by atoms with E-state index >= 15 is 0 Å². The first-order chi connectivity index (χ1) is 43.9. The van der Waals surface area contributed by atoms with Crippen LogP contribution in [0, 0.1) is 11.8 Å². The lowest BCUT2D eigenvalue weighted by Crippen LogP contribution is -2.30. The minimum Gasteiger partial charge on any atom is -0.462 e. The van der Waals surface area contributed by atoms with Crippen LogP contribution in [0.3, 0.4) is 0 Å². The minimum absolute atomic E-state index is 0.105. The summed E-state index contributed by atoms with van der Waals surface area (Å²) < 4.78 is 68.2. The first-order valence-corrected chi connectivity index (χ1v) is 40.6. The number of aliphatic hydroxyl groups excluding tert-OH is 1. The predicted octanol–water partition coefficient (Wildman–Crippen LogP) is 20.8. The molecule has 0 radical (unpaired) electrons. The summed E-state index contributed by atoms with van der Waals surface area (Å²) in [6, 6.07) is 0. The van der Waals surface area contributed by atoms with Crippen LogP contribution in [0.1, 0.15) is 369 Å². The summed E-state index contributed by atoms with van der Waals surface area (Å²) in [5.41, 5.74) is 0. The average molecular weight is 1340 g/mol. The third kappa shape index (κ3) is 63.9. The van der Waals surface area contributed by atoms with Crippen molar-refractivity contribution in [3.63, 3.8) is 0 Å². The van der Waals surface area contributed by atoms with Crippen molar-refractivity contribution in [2.75, 3.05) is 39.6 Å². The summed E-state index contributed by atoms with van der Waals surface area (Å²) in [6.45, 7) is 9.52. The average Bonchev–Trinajstić information content (AvgIpc) is 3.32. The summed E-state index contributed by atoms with van der Waals surface area (Å²) in [6.07, 6.45) is 50.1. The largest absolute Gasteiger partial charge is 0.472 e. The van der Waals surface area contributed by atoms with Crippen molar-refractivity contribution in [3.8, 4) is 0 Å². The number of phosphoric acid groups is 2. The van der Waals surface area contributed by atoms with E-state index in [-0.39, 0.29) is 25.7 Å². The van der Waals surface area contributed by atoms with Gasteiger partial charge < -0.3 is 33.8 Å². The lowest BCUT2D eigenvalue weighted by molar-refractivity contribution is -0.161. The molecule has 0 amide bonds. The van der Waals surface area contributed by atoms with Gasteiger partial charge in [-0.15, -0.1) is 0 Å². The Morgan fingerprint density at radius 3 is 0.780 bits per heavy atom. The number of rotatable bonds is 71. The summed E-state index contributed by atoms with van der Waals surface area (Å²) in [4.78, 5) is 72.5. The maximum Gasteiger partial charge on any atom is 0.472 e. The van der Waals surface area contributed by atoms with E-state index in [2.05, 4.69) is 41.5 Å². The van der Waals surface area contributed by atoms with E-state index < -0.39 is 97.5 Å². The highest BCUT2D eigenvalue weighted by molar-refractivity contribution is 7.47. The molecule has 0 saturated heterocycles. The smallest absolute Gasteiger partial charge is 0.462 e. The zero-order valence-corrected chi connectivity index (χ0v) is 60.9. The number of esters is 4. The summed E-state index contributed by atoms with van der Waals surface area (Å²) in [7, 11) is -9.90. The van der Waals surface area contributed by atoms with Gasteiger partial charge in [-0.05, 0) is 37.5 Å². The molecule has 540 valence electrons. The van der Waals surface area contributed by atoms with Gasteiger partial charge in [-0.25, -0.2) is 9.13 Å². The Morgan fingerprint density at radius 1 is 0.308 bits per heavy atom. The van der Waals surface area contributed by atoms with E-state index in [4.69, 9.17) is 37.0 Å². The number of ether oxygens (including phenoxy) is 4. The van der Waals surface area contributed by atoms with Gasteiger partial charge >= 0.3 is 39.5 Å². The maximum absolute atomic E-state index is 13.0. The molecule has 0 bridgehead atoms. The van der Waals surface area contributed by atoms with Gasteiger partial charge in [0.1, 0.15) is 19.3 Å². The van der Waals surface area contributed by atoms with Crippen LogP contribution >= 0.6 is 15.6 Å². The molecule has 0 aromatic carbocycles. The van der Waals surface area contributed by atoms with Crippen LogP contribution in [0.25, 0.3) is 0 Å². The molecule has 0 aromatic rings. The van der Waals surface area contributed by atoms with Gasteiger partial charge in [0, 0.05) is 25.7 Å². The minimum atomic E-state index is -4.95. The molecule has 0 spiro atoms. The molecule has 0 saturated carbocycles. The molecule has 0 aromatic heterocycles. The Kier molecular flexibility index (Phi) is 62.7. The third-order valence-corrected chi connectivity index (χ3v) is 19.3. The van der Waals surface area contributed by atoms with Crippen molar-refractivity contribution in [1.82, 2.24) is 0 Å². The van der Waals surface area contributed by atoms with E-state index in [0.717, 1.165) is 115 Å². The number of carbonyl (C=O) groups is 4. The zero-order valence-electron chi connectivity index (χ0n) is 59.1. The van der Waals surface area contributed by atoms with Crippen molar-refractivity contribution in [2.24, 2.45) is 11.8 Å². The van der Waals surface area contributed by atoms with Crippen LogP contribution in [-0.2, 0) is 65.4 Å². The van der Waals surface area contributed by atoms with E-state index in [1.54, 1.807) is 0 Å². The molecule has 91 heavy (non-hydrogen) atoms. The van der Waals surface area contributed by atoms with Gasteiger partial charge in [-0.2, -0.15) is 0 Å². The summed E-state index contributed by atoms with van der Waals surface area (Å²) in [5, 5.41) is 10.6. The van der Waals surface area contributed by atoms with Gasteiger partial charge in [0.15, 0.2) is 12.2 Å². The molecular formula is C72H140O17P2. The van der Waals surface area contributed by atoms with Crippen LogP contribution in [0.2, 0.25) is 0 Å². The topological polar surface area (TPSA) is 237 Å². The first kappa shape index (κ1) is 89.1. The zero-order chi connectivity index (χ0) is 67.2. The summed E-state index contributed by atoms with van der Waals surface area (Å²) in [5.74, 6) is -0.581. The van der Waals surface area contributed by atoms with Crippen LogP contribution < -0.4 is 0 Å². The van der Waals surface area contributed by atoms with Crippen molar-refractivity contribution in [1.29, 1.82) is 0 Å². The molecule has 7 atom stereocenters. The quantitative estimate of drug-likeness (QED) is 0.0222. The van der Waals surface area contributed by atoms with Crippen LogP contribution in [0.5, 0.6) is 0 Å². The molecule has 17 nitrogen and oxygen atoms in total. The van der Waals surface area contributed by atoms with E-state index in [9.17, 15) is 43.2 Å². The van der Waals surface area contributed by atoms with E-state index in [0.29, 0.717) is 25.7 Å². The molecule has 0 fully saturated rings. The lowest BCUT2D eigenvalue weighted by Gasteiger charge is -2.21. The molecule has 0 aliphatic rings. The number of unbranched alkanes of at least 4 members (excludes halogenated alkanes) is 39. The molecule has 4 unspecified atom stereocenters. The highest BCUT2D eigenvalue weighted by Crippen LogP contribution is 2.45. The Bertz CT molecular complexity index is 1770. The van der Waals surface area contributed by atoms with Crippen LogP contribution in [0.4, 0.5) is 0 Å². The lowest BCUT2D eigenvalue weighted by atomic mass is 9.99. The second-order valence-electron chi connectivity index (χ2n) is 26.5. The molecule has 3 N–H and O–H groups in total. The van der Waals surface area contributed by atoms with E-state index in [1.165, 1.54) is 173 Å². The fourth-order valence-electron chi connectivity index (χ4n) is 10.9. The Labute approximate surface area is 556 Å². The first-order valence-electron chi connectivity index (χ1n) is 37.6. The number of hydrogen-bond acceptors (Lipinski definition) is 15. The second-order valence-corrected chi connectivity index (χ2v) is 29.4. The number of phosphoric ester groups is 2. The number of aliphatic hydroxyl groups is 1. The summed E-state index contributed by atoms with van der Waals surface area (Å²) >= 11 is 0. The predicted molar refractivity (Wildman–Crippen MR) is 368 cm³/mol. The molecule has 19 heteroatoms. The SMILES string of the molecule is CCCCCCCCCCCCCCCCCCCCCCC(=O)O[C@H](COC(=O)CCCCCCCCCCC(C)CC)COP(=O)(O)OC[C@@H](O)COP(=O)(O)OC[C@@H](COC(=O)CCCCCCCCC)OC(=O)CCCCCCCCCCC(C)CC. The number of carbonyl (C=O) groups excluding carboxylic acids is 4. The number of hydrogen-bond donors (Lipinski definition) is 3. The van der Waals surface area contributed by atoms with Crippen molar-refractivity contribution < 1.29 is 80.2 Å². The molecule has 0 heterocycles. The highest BCUT2D eigenvalue weighted by Gasteiger charge is 2.30. The van der Waals surface area contributed by atoms with Crippen molar-refractivity contribution in [2.45, 2.75) is 387 Å². The Morgan fingerprint density at radius 2 is 0.527 bits per heavy atom. The van der Waals surface area contributed by atoms with E-state index in [1.807, 2.05) is 0 Å². The Hall–Kier alpha value is -1.94. The van der Waals surface area contributed by atoms with Crippen molar-refractivity contribution in [3.05, 3.63) is 0 Å². The standard InChI is InChI=1S/C72H140O17P2/c1-7-11-13-15-17-18-19-20-21-22-23-24-25-26-27-28-29-38-44-50-56-71(76)88-68(61-83-70(75)55-49-43-37-32-30-35-40-46-52-64(5)9-3)63-87-91(80,81)85-59-66(73)58-84-90(78,79)86-62-67(60-82-69(74)54-48-42-34-16-14-12-8-2)89-72(77)57-51-45-39-33-31-36-41-47-53-65(6)10-4/h64-68,73H,7-63H2,1-6H3,(H,78,79)(H,80,81)/t64?,65?,66-,67+,68+/m0/s1. The Balaban J connectivity index is 5.17. The van der Waals surface area contributed by atoms with Crippen LogP contribution in [0.15, 0.2) is 0 Å². The van der Waals surface area contributed by atoms with Gasteiger partial charge in [0.05, 0.1) is 26.4 Å². The molecular weight excluding hydrogens is 1200 g/mol. The highest BCUT2D eigenvalue weighted by atomic mass is 31.2. The maximum atomic E-state index is 13.0. The van der Waals surface area contributed by atoms with Gasteiger partial charge in [0.25, 0.3) is 0 Å². The molecule has 0 aliphatic heterocycles. The third-order valence-electron chi connectivity index (χ3n) is 17.4. The fourth-order valence-corrected chi connectivity index (χ4v) is 12.5. The molecule has 0 aliphatic carbocycles. The van der Waals surface area contributed by atoms with Gasteiger partial charge in [-0.3, -0.25) is 37.3 Å².